The van der Waals surface area contributed by atoms with Crippen molar-refractivity contribution in [3.63, 3.8) is 0 Å². The lowest BCUT2D eigenvalue weighted by Gasteiger charge is -2.14. The average molecular weight is 259 g/mol. The molecule has 2 unspecified atom stereocenters. The van der Waals surface area contributed by atoms with Crippen LogP contribution in [0.1, 0.15) is 24.9 Å². The number of nitrogens with one attached hydrogen (secondary N) is 1. The molecule has 5 heteroatoms. The molecule has 2 atom stereocenters. The molecule has 0 aromatic carbocycles. The third-order valence-electron chi connectivity index (χ3n) is 2.71. The van der Waals surface area contributed by atoms with Gasteiger partial charge in [-0.3, -0.25) is 9.78 Å². The number of carbonyl (C=O) groups excluding carboxylic acids is 1. The normalized spacial score (nSPS) is 23.6. The van der Waals surface area contributed by atoms with Gasteiger partial charge in [0.05, 0.1) is 12.0 Å². The molecule has 1 fully saturated rings. The Kier molecular flexibility index (Phi) is 3.08. The Morgan fingerprint density at radius 3 is 2.62 bits per heavy atom. The van der Waals surface area contributed by atoms with Gasteiger partial charge in [-0.05, 0) is 31.0 Å². The van der Waals surface area contributed by atoms with Crippen LogP contribution >= 0.6 is 23.2 Å². The third kappa shape index (κ3) is 2.47. The summed E-state index contributed by atoms with van der Waals surface area (Å²) in [7, 11) is 0. The van der Waals surface area contributed by atoms with Crippen molar-refractivity contribution in [3.8, 4) is 0 Å². The lowest BCUT2D eigenvalue weighted by atomic mass is 10.1. The van der Waals surface area contributed by atoms with Gasteiger partial charge in [0, 0.05) is 12.4 Å². The monoisotopic (exact) mass is 258 g/mol. The van der Waals surface area contributed by atoms with Crippen LogP contribution in [0, 0.1) is 5.92 Å². The maximum Gasteiger partial charge on any atom is 0.226 e. The standard InChI is InChI=1S/C11H12Cl2N2O/c1-7(8-2-4-14-5-3-8)15-10(16)9-6-11(9,12)13/h2-5,7,9H,6H2,1H3,(H,15,16). The minimum absolute atomic E-state index is 0.0553. The molecule has 1 aromatic rings. The van der Waals surface area contributed by atoms with Crippen molar-refractivity contribution in [2.75, 3.05) is 0 Å². The van der Waals surface area contributed by atoms with Gasteiger partial charge in [0.2, 0.25) is 5.91 Å². The van der Waals surface area contributed by atoms with E-state index in [0.29, 0.717) is 6.42 Å². The quantitative estimate of drug-likeness (QED) is 0.847. The predicted octanol–water partition coefficient (Wildman–Crippen LogP) is 2.45. The van der Waals surface area contributed by atoms with Crippen LogP contribution in [-0.4, -0.2) is 15.2 Å². The summed E-state index contributed by atoms with van der Waals surface area (Å²) in [6, 6.07) is 3.68. The van der Waals surface area contributed by atoms with Gasteiger partial charge in [0.15, 0.2) is 0 Å². The van der Waals surface area contributed by atoms with E-state index in [2.05, 4.69) is 10.3 Å². The van der Waals surface area contributed by atoms with Gasteiger partial charge in [-0.25, -0.2) is 0 Å². The number of halogens is 2. The highest BCUT2D eigenvalue weighted by Crippen LogP contribution is 2.53. The van der Waals surface area contributed by atoms with Crippen molar-refractivity contribution < 1.29 is 4.79 Å². The Hall–Kier alpha value is -0.800. The number of amides is 1. The fourth-order valence-electron chi connectivity index (χ4n) is 1.55. The van der Waals surface area contributed by atoms with E-state index < -0.39 is 4.33 Å². The molecule has 0 saturated heterocycles. The lowest BCUT2D eigenvalue weighted by Crippen LogP contribution is -2.29. The third-order valence-corrected chi connectivity index (χ3v) is 3.54. The van der Waals surface area contributed by atoms with E-state index in [1.165, 1.54) is 0 Å². The second-order valence-electron chi connectivity index (χ2n) is 4.03. The Morgan fingerprint density at radius 2 is 2.12 bits per heavy atom. The van der Waals surface area contributed by atoms with Crippen LogP contribution in [0.3, 0.4) is 0 Å². The highest BCUT2D eigenvalue weighted by molar-refractivity contribution is 6.52. The molecule has 2 rings (SSSR count). The highest BCUT2D eigenvalue weighted by Gasteiger charge is 2.56. The van der Waals surface area contributed by atoms with Crippen molar-refractivity contribution in [2.45, 2.75) is 23.7 Å². The van der Waals surface area contributed by atoms with Crippen LogP contribution in [-0.2, 0) is 4.79 Å². The molecule has 1 aromatic heterocycles. The first-order valence-electron chi connectivity index (χ1n) is 5.09. The van der Waals surface area contributed by atoms with Crippen LogP contribution in [0.2, 0.25) is 0 Å². The van der Waals surface area contributed by atoms with Crippen LogP contribution in [0.25, 0.3) is 0 Å². The van der Waals surface area contributed by atoms with Gasteiger partial charge in [0.25, 0.3) is 0 Å². The minimum atomic E-state index is -0.859. The van der Waals surface area contributed by atoms with Crippen LogP contribution < -0.4 is 5.32 Å². The number of alkyl halides is 2. The zero-order valence-electron chi connectivity index (χ0n) is 8.78. The summed E-state index contributed by atoms with van der Waals surface area (Å²) in [5.41, 5.74) is 1.01. The van der Waals surface area contributed by atoms with Gasteiger partial charge in [-0.1, -0.05) is 0 Å². The number of pyridine rings is 1. The second kappa shape index (κ2) is 4.22. The van der Waals surface area contributed by atoms with E-state index >= 15 is 0 Å². The molecule has 0 spiro atoms. The van der Waals surface area contributed by atoms with Crippen LogP contribution in [0.15, 0.2) is 24.5 Å². The summed E-state index contributed by atoms with van der Waals surface area (Å²) in [5.74, 6) is -0.366. The van der Waals surface area contributed by atoms with Crippen molar-refractivity contribution in [1.29, 1.82) is 0 Å². The number of hydrogen-bond donors (Lipinski definition) is 1. The van der Waals surface area contributed by atoms with Gasteiger partial charge < -0.3 is 5.32 Å². The van der Waals surface area contributed by atoms with Gasteiger partial charge in [-0.2, -0.15) is 0 Å². The molecule has 1 amide bonds. The largest absolute Gasteiger partial charge is 0.349 e. The van der Waals surface area contributed by atoms with Crippen LogP contribution in [0.4, 0.5) is 0 Å². The topological polar surface area (TPSA) is 42.0 Å². The van der Waals surface area contributed by atoms with Gasteiger partial charge >= 0.3 is 0 Å². The maximum absolute atomic E-state index is 11.7. The Labute approximate surface area is 104 Å². The Morgan fingerprint density at radius 1 is 1.56 bits per heavy atom. The Bertz CT molecular complexity index is 394. The van der Waals surface area contributed by atoms with Crippen molar-refractivity contribution in [1.82, 2.24) is 10.3 Å². The van der Waals surface area contributed by atoms with Gasteiger partial charge in [0.1, 0.15) is 4.33 Å². The second-order valence-corrected chi connectivity index (χ2v) is 5.57. The molecule has 0 radical (unpaired) electrons. The number of nitrogens with zero attached hydrogens (tertiary/aromatic N) is 1. The maximum atomic E-state index is 11.7. The molecular weight excluding hydrogens is 247 g/mol. The molecule has 86 valence electrons. The summed E-state index contributed by atoms with van der Waals surface area (Å²) in [6.07, 6.45) is 3.93. The van der Waals surface area contributed by atoms with Crippen LogP contribution in [0.5, 0.6) is 0 Å². The number of rotatable bonds is 3. The predicted molar refractivity (Wildman–Crippen MR) is 63.3 cm³/mol. The fraction of sp³-hybridized carbons (Fsp3) is 0.455. The summed E-state index contributed by atoms with van der Waals surface area (Å²) < 4.78 is -0.859. The first-order chi connectivity index (χ1) is 7.50. The number of carbonyl (C=O) groups is 1. The molecule has 1 N–H and O–H groups in total. The zero-order valence-corrected chi connectivity index (χ0v) is 10.3. The van der Waals surface area contributed by atoms with E-state index in [1.54, 1.807) is 12.4 Å². The van der Waals surface area contributed by atoms with E-state index in [0.717, 1.165) is 5.56 Å². The molecule has 3 nitrogen and oxygen atoms in total. The fourth-order valence-corrected chi connectivity index (χ4v) is 2.05. The van der Waals surface area contributed by atoms with E-state index in [-0.39, 0.29) is 17.9 Å². The number of aromatic nitrogens is 1. The molecule has 0 bridgehead atoms. The molecule has 1 heterocycles. The van der Waals surface area contributed by atoms with Crippen molar-refractivity contribution >= 4 is 29.1 Å². The SMILES string of the molecule is CC(NC(=O)C1CC1(Cl)Cl)c1ccncc1. The van der Waals surface area contributed by atoms with Gasteiger partial charge in [-0.15, -0.1) is 23.2 Å². The zero-order chi connectivity index (χ0) is 11.8. The first-order valence-corrected chi connectivity index (χ1v) is 5.84. The summed E-state index contributed by atoms with van der Waals surface area (Å²) in [4.78, 5) is 15.6. The molecular formula is C11H12Cl2N2O. The highest BCUT2D eigenvalue weighted by atomic mass is 35.5. The Balaban J connectivity index is 1.94. The molecule has 16 heavy (non-hydrogen) atoms. The summed E-state index contributed by atoms with van der Waals surface area (Å²) in [6.45, 7) is 1.92. The smallest absolute Gasteiger partial charge is 0.226 e. The summed E-state index contributed by atoms with van der Waals surface area (Å²) in [5, 5.41) is 2.88. The summed E-state index contributed by atoms with van der Waals surface area (Å²) >= 11 is 11.7. The molecule has 1 saturated carbocycles. The molecule has 0 aliphatic heterocycles. The van der Waals surface area contributed by atoms with Crippen molar-refractivity contribution in [3.05, 3.63) is 30.1 Å². The molecule has 1 aliphatic rings. The minimum Gasteiger partial charge on any atom is -0.349 e. The van der Waals surface area contributed by atoms with E-state index in [1.807, 2.05) is 19.1 Å². The lowest BCUT2D eigenvalue weighted by molar-refractivity contribution is -0.123. The molecule has 1 aliphatic carbocycles. The number of hydrogen-bond acceptors (Lipinski definition) is 2. The van der Waals surface area contributed by atoms with Crippen molar-refractivity contribution in [2.24, 2.45) is 5.92 Å². The van der Waals surface area contributed by atoms with E-state index in [4.69, 9.17) is 23.2 Å². The first kappa shape index (κ1) is 11.7. The van der Waals surface area contributed by atoms with E-state index in [9.17, 15) is 4.79 Å². The average Bonchev–Trinajstić information content (AvgIpc) is 2.89.